The van der Waals surface area contributed by atoms with Crippen LogP contribution in [0.2, 0.25) is 0 Å². The molecular formula is C12H15N3O. The number of nitrogens with two attached hydrogens (primary N) is 1. The van der Waals surface area contributed by atoms with Gasteiger partial charge in [-0.1, -0.05) is 26.0 Å². The maximum atomic E-state index is 9.44. The molecule has 0 unspecified atom stereocenters. The minimum atomic E-state index is 0.230. The highest BCUT2D eigenvalue weighted by Crippen LogP contribution is 2.29. The highest BCUT2D eigenvalue weighted by atomic mass is 16.3. The lowest BCUT2D eigenvalue weighted by Gasteiger charge is -2.05. The first-order valence-corrected chi connectivity index (χ1v) is 5.22. The Bertz CT molecular complexity index is 503. The van der Waals surface area contributed by atoms with Crippen molar-refractivity contribution in [1.82, 2.24) is 9.97 Å². The van der Waals surface area contributed by atoms with E-state index in [1.807, 2.05) is 6.07 Å². The summed E-state index contributed by atoms with van der Waals surface area (Å²) in [6.45, 7) is 4.14. The van der Waals surface area contributed by atoms with Gasteiger partial charge in [-0.25, -0.2) is 4.98 Å². The van der Waals surface area contributed by atoms with Crippen LogP contribution in [-0.4, -0.2) is 15.1 Å². The van der Waals surface area contributed by atoms with Crippen molar-refractivity contribution in [2.45, 2.75) is 19.8 Å². The Kier molecular flexibility index (Phi) is 2.56. The standard InChI is InChI=1S/C12H15N3O/c1-7(2)10-11(15-12(13)14-10)8-4-3-5-9(16)6-8/h3-7,16H,1-2H3,(H3,13,14,15). The lowest BCUT2D eigenvalue weighted by Crippen LogP contribution is -1.91. The van der Waals surface area contributed by atoms with E-state index < -0.39 is 0 Å². The molecule has 1 aromatic carbocycles. The molecule has 0 radical (unpaired) electrons. The summed E-state index contributed by atoms with van der Waals surface area (Å²) in [6.07, 6.45) is 0. The number of nitrogens with zero attached hydrogens (tertiary/aromatic N) is 1. The van der Waals surface area contributed by atoms with Crippen LogP contribution in [0.1, 0.15) is 25.5 Å². The van der Waals surface area contributed by atoms with Crippen LogP contribution >= 0.6 is 0 Å². The van der Waals surface area contributed by atoms with Gasteiger partial charge in [0.25, 0.3) is 0 Å². The SMILES string of the molecule is CC(C)c1[nH]c(N)nc1-c1cccc(O)c1. The summed E-state index contributed by atoms with van der Waals surface area (Å²) in [4.78, 5) is 7.30. The number of phenols is 1. The number of benzene rings is 1. The maximum Gasteiger partial charge on any atom is 0.198 e. The topological polar surface area (TPSA) is 74.9 Å². The molecule has 4 N–H and O–H groups in total. The predicted octanol–water partition coefficient (Wildman–Crippen LogP) is 2.49. The fraction of sp³-hybridized carbons (Fsp3) is 0.250. The third kappa shape index (κ3) is 1.86. The van der Waals surface area contributed by atoms with E-state index in [2.05, 4.69) is 23.8 Å². The van der Waals surface area contributed by atoms with Gasteiger partial charge in [0.2, 0.25) is 0 Å². The van der Waals surface area contributed by atoms with Gasteiger partial charge in [-0.2, -0.15) is 0 Å². The Morgan fingerprint density at radius 3 is 2.75 bits per heavy atom. The summed E-state index contributed by atoms with van der Waals surface area (Å²) < 4.78 is 0. The molecule has 0 aliphatic heterocycles. The second-order valence-electron chi connectivity index (χ2n) is 4.09. The number of nitrogen functional groups attached to an aromatic ring is 1. The maximum absolute atomic E-state index is 9.44. The molecule has 0 atom stereocenters. The number of H-pyrrole nitrogens is 1. The largest absolute Gasteiger partial charge is 0.508 e. The number of aromatic amines is 1. The first kappa shape index (κ1) is 10.5. The van der Waals surface area contributed by atoms with Crippen LogP contribution < -0.4 is 5.73 Å². The molecule has 1 aromatic heterocycles. The van der Waals surface area contributed by atoms with Crippen molar-refractivity contribution in [3.05, 3.63) is 30.0 Å². The van der Waals surface area contributed by atoms with E-state index in [4.69, 9.17) is 5.73 Å². The number of hydrogen-bond donors (Lipinski definition) is 3. The van der Waals surface area contributed by atoms with Crippen LogP contribution in [-0.2, 0) is 0 Å². The van der Waals surface area contributed by atoms with Crippen LogP contribution in [0.25, 0.3) is 11.3 Å². The lowest BCUT2D eigenvalue weighted by atomic mass is 10.0. The van der Waals surface area contributed by atoms with Gasteiger partial charge in [-0.05, 0) is 18.1 Å². The summed E-state index contributed by atoms with van der Waals surface area (Å²) in [5.41, 5.74) is 8.33. The minimum Gasteiger partial charge on any atom is -0.508 e. The van der Waals surface area contributed by atoms with Gasteiger partial charge < -0.3 is 15.8 Å². The first-order valence-electron chi connectivity index (χ1n) is 5.22. The van der Waals surface area contributed by atoms with E-state index in [-0.39, 0.29) is 5.75 Å². The van der Waals surface area contributed by atoms with E-state index in [9.17, 15) is 5.11 Å². The summed E-state index contributed by atoms with van der Waals surface area (Å²) in [7, 11) is 0. The number of aromatic nitrogens is 2. The molecule has 16 heavy (non-hydrogen) atoms. The smallest absolute Gasteiger partial charge is 0.198 e. The number of rotatable bonds is 2. The zero-order valence-electron chi connectivity index (χ0n) is 9.36. The molecule has 84 valence electrons. The molecule has 4 heteroatoms. The third-order valence-corrected chi connectivity index (χ3v) is 2.45. The van der Waals surface area contributed by atoms with Gasteiger partial charge in [-0.15, -0.1) is 0 Å². The monoisotopic (exact) mass is 217 g/mol. The van der Waals surface area contributed by atoms with Gasteiger partial charge in [-0.3, -0.25) is 0 Å². The zero-order chi connectivity index (χ0) is 11.7. The summed E-state index contributed by atoms with van der Waals surface area (Å²) >= 11 is 0. The number of nitrogens with one attached hydrogen (secondary N) is 1. The Hall–Kier alpha value is -1.97. The summed E-state index contributed by atoms with van der Waals surface area (Å²) in [6, 6.07) is 7.01. The molecule has 2 rings (SSSR count). The molecular weight excluding hydrogens is 202 g/mol. The van der Waals surface area contributed by atoms with Crippen molar-refractivity contribution in [2.75, 3.05) is 5.73 Å². The Labute approximate surface area is 94.1 Å². The molecule has 0 aliphatic rings. The van der Waals surface area contributed by atoms with Crippen LogP contribution in [0.4, 0.5) is 5.95 Å². The van der Waals surface area contributed by atoms with Gasteiger partial charge >= 0.3 is 0 Å². The van der Waals surface area contributed by atoms with Crippen molar-refractivity contribution in [3.63, 3.8) is 0 Å². The molecule has 2 aromatic rings. The quantitative estimate of drug-likeness (QED) is 0.723. The number of aromatic hydroxyl groups is 1. The number of phenolic OH excluding ortho intramolecular Hbond substituents is 1. The van der Waals surface area contributed by atoms with Crippen LogP contribution in [0.5, 0.6) is 5.75 Å². The molecule has 0 saturated heterocycles. The summed E-state index contributed by atoms with van der Waals surface area (Å²) in [5.74, 6) is 0.943. The van der Waals surface area contributed by atoms with E-state index in [0.29, 0.717) is 11.9 Å². The molecule has 4 nitrogen and oxygen atoms in total. The fourth-order valence-electron chi connectivity index (χ4n) is 1.70. The molecule has 0 fully saturated rings. The highest BCUT2D eigenvalue weighted by molar-refractivity contribution is 5.65. The Morgan fingerprint density at radius 1 is 1.38 bits per heavy atom. The molecule has 1 heterocycles. The van der Waals surface area contributed by atoms with Gasteiger partial charge in [0, 0.05) is 11.3 Å². The van der Waals surface area contributed by atoms with Crippen molar-refractivity contribution >= 4 is 5.95 Å². The number of imidazole rings is 1. The van der Waals surface area contributed by atoms with E-state index in [1.54, 1.807) is 18.2 Å². The molecule has 0 aliphatic carbocycles. The Balaban J connectivity index is 2.55. The lowest BCUT2D eigenvalue weighted by molar-refractivity contribution is 0.475. The molecule has 0 saturated carbocycles. The van der Waals surface area contributed by atoms with Crippen LogP contribution in [0.3, 0.4) is 0 Å². The fourth-order valence-corrected chi connectivity index (χ4v) is 1.70. The van der Waals surface area contributed by atoms with Gasteiger partial charge in [0.1, 0.15) is 5.75 Å². The van der Waals surface area contributed by atoms with E-state index in [0.717, 1.165) is 17.0 Å². The molecule has 0 amide bonds. The third-order valence-electron chi connectivity index (χ3n) is 2.45. The highest BCUT2D eigenvalue weighted by Gasteiger charge is 2.13. The second kappa shape index (κ2) is 3.89. The molecule has 0 bridgehead atoms. The number of anilines is 1. The van der Waals surface area contributed by atoms with Crippen molar-refractivity contribution in [1.29, 1.82) is 0 Å². The van der Waals surface area contributed by atoms with Crippen molar-refractivity contribution < 1.29 is 5.11 Å². The molecule has 0 spiro atoms. The van der Waals surface area contributed by atoms with E-state index >= 15 is 0 Å². The van der Waals surface area contributed by atoms with Gasteiger partial charge in [0.15, 0.2) is 5.95 Å². The van der Waals surface area contributed by atoms with Crippen molar-refractivity contribution in [2.24, 2.45) is 0 Å². The predicted molar refractivity (Wildman–Crippen MR) is 64.2 cm³/mol. The van der Waals surface area contributed by atoms with Crippen molar-refractivity contribution in [3.8, 4) is 17.0 Å². The minimum absolute atomic E-state index is 0.230. The normalized spacial score (nSPS) is 10.9. The number of hydrogen-bond acceptors (Lipinski definition) is 3. The van der Waals surface area contributed by atoms with Crippen LogP contribution in [0, 0.1) is 0 Å². The average Bonchev–Trinajstić information content (AvgIpc) is 2.60. The average molecular weight is 217 g/mol. The van der Waals surface area contributed by atoms with E-state index in [1.165, 1.54) is 0 Å². The Morgan fingerprint density at radius 2 is 2.12 bits per heavy atom. The first-order chi connectivity index (χ1) is 7.58. The van der Waals surface area contributed by atoms with Crippen LogP contribution in [0.15, 0.2) is 24.3 Å². The zero-order valence-corrected chi connectivity index (χ0v) is 9.36. The second-order valence-corrected chi connectivity index (χ2v) is 4.09. The summed E-state index contributed by atoms with van der Waals surface area (Å²) in [5, 5.41) is 9.44. The van der Waals surface area contributed by atoms with Gasteiger partial charge in [0.05, 0.1) is 5.69 Å².